The van der Waals surface area contributed by atoms with Crippen LogP contribution in [0, 0.1) is 131 Å². The van der Waals surface area contributed by atoms with E-state index in [1.54, 1.807) is 0 Å². The summed E-state index contributed by atoms with van der Waals surface area (Å²) in [5.74, 6) is 51.8. The molecule has 2 heteroatoms. The van der Waals surface area contributed by atoms with Crippen LogP contribution in [0.25, 0.3) is 10.8 Å². The smallest absolute Gasteiger partial charge is 0.243 e. The number of fused-ring (bicyclic) bond motifs is 4. The highest BCUT2D eigenvalue weighted by molar-refractivity contribution is 6.03. The van der Waals surface area contributed by atoms with Gasteiger partial charge in [0.05, 0.1) is 11.3 Å². The third-order valence-corrected chi connectivity index (χ3v) is 11.8. The first-order valence-electron chi connectivity index (χ1n) is 23.4. The number of anilines is 1. The molecule has 0 N–H and O–H groups in total. The van der Waals surface area contributed by atoms with Gasteiger partial charge in [-0.15, -0.1) is 11.0 Å². The van der Waals surface area contributed by atoms with E-state index >= 15 is 0 Å². The van der Waals surface area contributed by atoms with Crippen molar-refractivity contribution in [2.45, 2.75) is 130 Å². The van der Waals surface area contributed by atoms with Gasteiger partial charge in [0.2, 0.25) is 17.4 Å². The van der Waals surface area contributed by atoms with Gasteiger partial charge in [-0.1, -0.05) is 166 Å². The summed E-state index contributed by atoms with van der Waals surface area (Å²) in [7, 11) is 0. The predicted octanol–water partition coefficient (Wildman–Crippen LogP) is 18.4. The summed E-state index contributed by atoms with van der Waals surface area (Å²) in [4.78, 5) is 2.59. The largest absolute Gasteiger partial charge is 0.344 e. The fraction of sp³-hybridized carbons (Fsp3) is 0.318. The Morgan fingerprint density at radius 1 is 0.544 bits per heavy atom. The van der Waals surface area contributed by atoms with Crippen molar-refractivity contribution >= 4 is 27.9 Å². The van der Waals surface area contributed by atoms with Gasteiger partial charge >= 0.3 is 0 Å². The number of rotatable bonds is 16. The number of hydrogen-bond donors (Lipinski definition) is 0. The molecule has 0 amide bonds. The molecule has 0 bridgehead atoms. The molecule has 2 aliphatic rings. The Morgan fingerprint density at radius 3 is 1.62 bits per heavy atom. The lowest BCUT2D eigenvalue weighted by Crippen LogP contribution is -2.27. The first-order chi connectivity index (χ1) is 32.8. The van der Waals surface area contributed by atoms with Crippen LogP contribution >= 0.6 is 0 Å². The van der Waals surface area contributed by atoms with Crippen LogP contribution < -0.4 is 4.90 Å². The summed E-state index contributed by atoms with van der Waals surface area (Å²) in [6.45, 7) is 12.5. The molecule has 0 aliphatic carbocycles. The van der Waals surface area contributed by atoms with Crippen LogP contribution in [-0.4, -0.2) is 16.8 Å². The van der Waals surface area contributed by atoms with Crippen molar-refractivity contribution in [1.29, 1.82) is 0 Å². The normalized spacial score (nSPS) is 13.2. The Morgan fingerprint density at radius 2 is 1.04 bits per heavy atom. The van der Waals surface area contributed by atoms with Crippen molar-refractivity contribution in [3.8, 4) is 131 Å². The maximum absolute atomic E-state index is 5.01. The Labute approximate surface area is 443 Å². The average molecular weight is 927 g/mol. The second-order valence-corrected chi connectivity index (χ2v) is 17.1. The van der Waals surface area contributed by atoms with Gasteiger partial charge in [0, 0.05) is 138 Å². The Hall–Kier alpha value is -8.23. The summed E-state index contributed by atoms with van der Waals surface area (Å²) in [6, 6.07) is 25.1. The van der Waals surface area contributed by atoms with Gasteiger partial charge in [-0.3, -0.25) is 0 Å². The second kappa shape index (κ2) is 28.6. The number of unbranched alkanes of at least 4 members (excludes halogenated alkanes) is 11. The van der Waals surface area contributed by atoms with Crippen molar-refractivity contribution < 1.29 is 36.0 Å². The molecule has 3 aromatic rings. The van der Waals surface area contributed by atoms with E-state index in [4.69, 9.17) is 6.42 Å². The minimum absolute atomic E-state index is 0. The zero-order valence-corrected chi connectivity index (χ0v) is 39.8. The molecule has 2 nitrogen and oxygen atoms in total. The van der Waals surface area contributed by atoms with E-state index in [2.05, 4.69) is 249 Å². The van der Waals surface area contributed by atoms with E-state index in [-0.39, 0.29) is 49.6 Å². The van der Waals surface area contributed by atoms with E-state index in [9.17, 15) is 0 Å². The molecule has 0 saturated heterocycles. The number of benzene rings is 3. The lowest BCUT2D eigenvalue weighted by atomic mass is 9.81. The summed E-state index contributed by atoms with van der Waals surface area (Å²) in [5, 5.41) is 2.63. The molecular formula is C66H105N2+. The van der Waals surface area contributed by atoms with Crippen LogP contribution in [0.1, 0.15) is 162 Å². The number of para-hydroxylation sites is 1. The van der Waals surface area contributed by atoms with Gasteiger partial charge in [0.25, 0.3) is 0 Å². The molecular weight excluding hydrogens is 821 g/mol. The van der Waals surface area contributed by atoms with E-state index in [0.29, 0.717) is 0 Å². The van der Waals surface area contributed by atoms with E-state index in [1.807, 2.05) is 10.6 Å². The first kappa shape index (κ1) is 52.4. The van der Waals surface area contributed by atoms with Crippen molar-refractivity contribution in [2.24, 2.45) is 0 Å². The molecule has 0 unspecified atom stereocenters. The predicted molar refractivity (Wildman–Crippen MR) is 336 cm³/mol. The maximum Gasteiger partial charge on any atom is 0.243 e. The molecule has 378 valence electrons. The van der Waals surface area contributed by atoms with Crippen molar-refractivity contribution in [2.75, 3.05) is 11.4 Å². The van der Waals surface area contributed by atoms with Crippen LogP contribution in [0.15, 0.2) is 96.7 Å². The molecule has 0 aromatic heterocycles. The molecule has 0 atom stereocenters. The quantitative estimate of drug-likeness (QED) is 0.0600. The second-order valence-electron chi connectivity index (χ2n) is 17.1. The zero-order chi connectivity index (χ0) is 47.4. The van der Waals surface area contributed by atoms with Gasteiger partial charge in [-0.2, -0.15) is 0 Å². The molecule has 5 rings (SSSR count). The molecule has 0 radical (unpaired) electrons. The fourth-order valence-corrected chi connectivity index (χ4v) is 8.54. The first-order valence-corrected chi connectivity index (χ1v) is 23.4. The Kier molecular flexibility index (Phi) is 22.1. The summed E-state index contributed by atoms with van der Waals surface area (Å²) >= 11 is 0. The molecule has 0 saturated carbocycles. The maximum atomic E-state index is 5.01. The van der Waals surface area contributed by atoms with Gasteiger partial charge in [0.15, 0.2) is 0 Å². The van der Waals surface area contributed by atoms with Crippen LogP contribution in [0.2, 0.25) is 0 Å². The molecule has 68 heavy (non-hydrogen) atoms. The van der Waals surface area contributed by atoms with Gasteiger partial charge in [-0.25, -0.2) is 0 Å². The minimum Gasteiger partial charge on any atom is -0.344 e. The molecule has 3 aromatic carbocycles. The van der Waals surface area contributed by atoms with Crippen LogP contribution in [0.3, 0.4) is 0 Å². The summed E-state index contributed by atoms with van der Waals surface area (Å²) in [6.07, 6.45) is 32.1. The molecule has 0 spiro atoms. The number of terminal acetylenes is 1. The Bertz CT molecular complexity index is 3210. The van der Waals surface area contributed by atoms with Crippen LogP contribution in [-0.2, 0) is 10.8 Å². The van der Waals surface area contributed by atoms with Crippen molar-refractivity contribution in [1.82, 2.24) is 0 Å². The highest BCUT2D eigenvalue weighted by Crippen LogP contribution is 2.51. The monoisotopic (exact) mass is 926 g/mol. The van der Waals surface area contributed by atoms with Gasteiger partial charge in [0.1, 0.15) is 0 Å². The SMILES string of the molecule is C.C#CC#CC#CC#CC#CC#CC#CC#CC#CC#CC#C[N+]1=C(/C=C/C=C/C=C2/N(CCCCCCCCCCCCCC)c3ccc4ccccc4c3C2(C)C)C(C)(C)c2ccccc21.[HH].[HH].[HH].[HH].[HH].[HH].[HH].[HH].[HH].[HH].[HH].[HH].[HH].[HH].[HH].[HH].[HH].[HH].[HH].[HH].[HH].[HH]. The molecule has 2 heterocycles. The van der Waals surface area contributed by atoms with Gasteiger partial charge < -0.3 is 4.90 Å². The number of hydrogen-bond acceptors (Lipinski definition) is 1. The van der Waals surface area contributed by atoms with Gasteiger partial charge in [-0.05, 0) is 96.1 Å². The summed E-state index contributed by atoms with van der Waals surface area (Å²) in [5.41, 5.74) is 7.02. The molecule has 2 aliphatic heterocycles. The zero-order valence-electron chi connectivity index (χ0n) is 39.8. The van der Waals surface area contributed by atoms with Crippen LogP contribution in [0.5, 0.6) is 0 Å². The lowest BCUT2D eigenvalue weighted by molar-refractivity contribution is -0.332. The topological polar surface area (TPSA) is 6.25 Å². The highest BCUT2D eigenvalue weighted by Gasteiger charge is 2.44. The Balaban J connectivity index is -0.000000129. The van der Waals surface area contributed by atoms with Crippen molar-refractivity contribution in [3.05, 3.63) is 108 Å². The molecule has 0 fully saturated rings. The van der Waals surface area contributed by atoms with Crippen molar-refractivity contribution in [3.63, 3.8) is 0 Å². The third kappa shape index (κ3) is 15.2. The van der Waals surface area contributed by atoms with E-state index < -0.39 is 0 Å². The van der Waals surface area contributed by atoms with Crippen LogP contribution in [0.4, 0.5) is 11.4 Å². The average Bonchev–Trinajstić information content (AvgIpc) is 3.68. The third-order valence-electron chi connectivity index (χ3n) is 11.8. The minimum atomic E-state index is -0.266. The summed E-state index contributed by atoms with van der Waals surface area (Å²) < 4.78 is 2.04. The number of allylic oxidation sites excluding steroid dienone is 6. The highest BCUT2D eigenvalue weighted by atomic mass is 15.2. The number of nitrogens with zero attached hydrogens (tertiary/aromatic N) is 2. The lowest BCUT2D eigenvalue weighted by Gasteiger charge is -2.27. The van der Waals surface area contributed by atoms with E-state index in [0.717, 1.165) is 17.9 Å². The van der Waals surface area contributed by atoms with E-state index in [1.165, 1.54) is 110 Å². The standard InChI is InChI=1S/C65H57N2.CH4.22H2/c1-7-9-11-13-15-17-19-21-22-23-24-25-26-27-28-30-31-33-35-44-54-66-59-49-43-42-48-58(59)64(3,4)61(66)50-38-37-39-51-62-65(5,6)63-57-47-41-40-46-56(57)52-53-60(63)67(62)55-45-36-34-32-29-20-18-16-14-12-10-8-2;;;;;;;;;;;;;;;;;;;;;;;/h1,37-43,46-53H,8,10,12,14,16,18,20,29,32,34,36,45,55H2,2-6H3;1H4;22*1H/q+1;;;;;;;;;;;;;;;;;;;;;;;. The fourth-order valence-electron chi connectivity index (χ4n) is 8.54.